The summed E-state index contributed by atoms with van der Waals surface area (Å²) >= 11 is 0. The van der Waals surface area contributed by atoms with Crippen molar-refractivity contribution < 1.29 is 4.79 Å². The zero-order valence-electron chi connectivity index (χ0n) is 12.6. The van der Waals surface area contributed by atoms with E-state index < -0.39 is 0 Å². The Kier molecular flexibility index (Phi) is 4.19. The van der Waals surface area contributed by atoms with Crippen molar-refractivity contribution in [2.24, 2.45) is 10.2 Å². The number of terminal acetylenes is 1. The highest BCUT2D eigenvalue weighted by atomic mass is 16.1. The fourth-order valence-corrected chi connectivity index (χ4v) is 3.00. The third kappa shape index (κ3) is 3.33. The summed E-state index contributed by atoms with van der Waals surface area (Å²) in [5.41, 5.74) is 2.08. The summed E-state index contributed by atoms with van der Waals surface area (Å²) in [7, 11) is 0. The Labute approximate surface area is 130 Å². The Hall–Kier alpha value is -2.22. The molecule has 0 spiro atoms. The lowest BCUT2D eigenvalue weighted by atomic mass is 10.0. The Morgan fingerprint density at radius 2 is 2.32 bits per heavy atom. The van der Waals surface area contributed by atoms with Gasteiger partial charge >= 0.3 is 0 Å². The summed E-state index contributed by atoms with van der Waals surface area (Å²) in [4.78, 5) is 16.5. The fraction of sp³-hybridized carbons (Fsp3) is 0.529. The number of carbonyl (C=O) groups excluding carboxylic acids is 1. The summed E-state index contributed by atoms with van der Waals surface area (Å²) in [6.07, 6.45) is 11.7. The molecule has 2 heterocycles. The van der Waals surface area contributed by atoms with Gasteiger partial charge in [0.2, 0.25) is 5.91 Å². The second-order valence-corrected chi connectivity index (χ2v) is 5.97. The molecule has 114 valence electrons. The molecule has 1 aromatic heterocycles. The minimum atomic E-state index is -0.370. The van der Waals surface area contributed by atoms with E-state index in [4.69, 9.17) is 6.42 Å². The van der Waals surface area contributed by atoms with E-state index >= 15 is 0 Å². The van der Waals surface area contributed by atoms with E-state index in [0.29, 0.717) is 31.7 Å². The molecule has 2 aliphatic rings. The van der Waals surface area contributed by atoms with Crippen molar-refractivity contribution in [2.75, 3.05) is 6.54 Å². The molecule has 5 heteroatoms. The average molecular weight is 296 g/mol. The van der Waals surface area contributed by atoms with Gasteiger partial charge in [-0.3, -0.25) is 9.78 Å². The third-order valence-electron chi connectivity index (χ3n) is 4.43. The van der Waals surface area contributed by atoms with Crippen LogP contribution < -0.4 is 5.32 Å². The Balaban J connectivity index is 1.41. The molecule has 0 fully saturated rings. The Morgan fingerprint density at radius 1 is 1.45 bits per heavy atom. The number of nitrogens with zero attached hydrogens (tertiary/aromatic N) is 3. The fourth-order valence-electron chi connectivity index (χ4n) is 3.00. The quantitative estimate of drug-likeness (QED) is 0.786. The van der Waals surface area contributed by atoms with E-state index in [1.807, 2.05) is 12.3 Å². The van der Waals surface area contributed by atoms with Crippen LogP contribution >= 0.6 is 0 Å². The second kappa shape index (κ2) is 6.27. The number of nitrogens with one attached hydrogen (secondary N) is 1. The minimum Gasteiger partial charge on any atom is -0.355 e. The zero-order valence-corrected chi connectivity index (χ0v) is 12.6. The van der Waals surface area contributed by atoms with Crippen molar-refractivity contribution >= 4 is 5.91 Å². The molecule has 22 heavy (non-hydrogen) atoms. The Morgan fingerprint density at radius 3 is 3.09 bits per heavy atom. The largest absolute Gasteiger partial charge is 0.355 e. The van der Waals surface area contributed by atoms with Gasteiger partial charge in [0.25, 0.3) is 0 Å². The minimum absolute atomic E-state index is 0.0572. The molecule has 0 saturated carbocycles. The molecule has 3 rings (SSSR count). The van der Waals surface area contributed by atoms with Crippen LogP contribution in [0.1, 0.15) is 49.3 Å². The molecular formula is C17H20N4O. The summed E-state index contributed by atoms with van der Waals surface area (Å²) < 4.78 is 0. The number of aryl methyl sites for hydroxylation is 1. The molecule has 5 nitrogen and oxygen atoms in total. The number of rotatable bonds is 7. The lowest BCUT2D eigenvalue weighted by Crippen LogP contribution is -2.29. The van der Waals surface area contributed by atoms with Crippen LogP contribution in [-0.4, -0.2) is 23.1 Å². The first-order valence-electron chi connectivity index (χ1n) is 7.80. The van der Waals surface area contributed by atoms with Gasteiger partial charge in [0.15, 0.2) is 5.66 Å². The summed E-state index contributed by atoms with van der Waals surface area (Å²) in [6, 6.07) is 4.09. The van der Waals surface area contributed by atoms with Crippen molar-refractivity contribution in [2.45, 2.75) is 50.1 Å². The van der Waals surface area contributed by atoms with E-state index in [-0.39, 0.29) is 11.6 Å². The predicted molar refractivity (Wildman–Crippen MR) is 83.2 cm³/mol. The van der Waals surface area contributed by atoms with Crippen LogP contribution in [0.15, 0.2) is 28.6 Å². The maximum absolute atomic E-state index is 12.0. The topological polar surface area (TPSA) is 66.7 Å². The highest BCUT2D eigenvalue weighted by molar-refractivity contribution is 5.76. The van der Waals surface area contributed by atoms with Crippen LogP contribution in [0.25, 0.3) is 0 Å². The van der Waals surface area contributed by atoms with E-state index in [1.165, 1.54) is 5.56 Å². The summed E-state index contributed by atoms with van der Waals surface area (Å²) in [6.45, 7) is 0.661. The molecule has 1 unspecified atom stereocenters. The van der Waals surface area contributed by atoms with Gasteiger partial charge in [0, 0.05) is 50.0 Å². The van der Waals surface area contributed by atoms with Crippen LogP contribution in [0.4, 0.5) is 0 Å². The van der Waals surface area contributed by atoms with Crippen molar-refractivity contribution in [1.82, 2.24) is 10.3 Å². The number of fused-ring (bicyclic) bond motifs is 1. The number of pyridine rings is 1. The van der Waals surface area contributed by atoms with Gasteiger partial charge < -0.3 is 5.32 Å². The molecule has 1 amide bonds. The van der Waals surface area contributed by atoms with E-state index in [1.54, 1.807) is 0 Å². The maximum atomic E-state index is 12.0. The number of amides is 1. The molecule has 1 atom stereocenters. The van der Waals surface area contributed by atoms with Crippen molar-refractivity contribution in [1.29, 1.82) is 0 Å². The molecule has 1 aromatic rings. The van der Waals surface area contributed by atoms with Crippen LogP contribution in [0, 0.1) is 12.3 Å². The number of hydrogen-bond donors (Lipinski definition) is 1. The highest BCUT2D eigenvalue weighted by Gasteiger charge is 2.39. The molecule has 1 N–H and O–H groups in total. The van der Waals surface area contributed by atoms with Crippen molar-refractivity contribution in [3.8, 4) is 12.3 Å². The number of hydrogen-bond acceptors (Lipinski definition) is 4. The van der Waals surface area contributed by atoms with Gasteiger partial charge in [-0.25, -0.2) is 0 Å². The molecule has 1 aliphatic heterocycles. The highest BCUT2D eigenvalue weighted by Crippen LogP contribution is 2.37. The number of aromatic nitrogens is 1. The van der Waals surface area contributed by atoms with E-state index in [2.05, 4.69) is 32.5 Å². The summed E-state index contributed by atoms with van der Waals surface area (Å²) in [5.74, 6) is 2.99. The molecule has 0 radical (unpaired) electrons. The molecule has 0 bridgehead atoms. The first kappa shape index (κ1) is 14.7. The van der Waals surface area contributed by atoms with E-state index in [9.17, 15) is 4.79 Å². The molecule has 0 aromatic carbocycles. The van der Waals surface area contributed by atoms with Crippen molar-refractivity contribution in [3.05, 3.63) is 29.6 Å². The van der Waals surface area contributed by atoms with Gasteiger partial charge in [-0.15, -0.1) is 12.3 Å². The predicted octanol–water partition coefficient (Wildman–Crippen LogP) is 2.58. The van der Waals surface area contributed by atoms with Gasteiger partial charge in [-0.2, -0.15) is 10.2 Å². The van der Waals surface area contributed by atoms with Crippen LogP contribution in [-0.2, 0) is 11.2 Å². The maximum Gasteiger partial charge on any atom is 0.220 e. The Bertz CT molecular complexity index is 626. The smallest absolute Gasteiger partial charge is 0.220 e. The standard InChI is InChI=1S/C17H20N4O/c1-2-3-9-17(20-21-17)10-8-15(22)19-12-14-7-6-13-5-4-11-18-16(13)14/h1,4-5,11,14H,3,6-10,12H2,(H,19,22). The molecule has 0 saturated heterocycles. The third-order valence-corrected chi connectivity index (χ3v) is 4.43. The second-order valence-electron chi connectivity index (χ2n) is 5.97. The van der Waals surface area contributed by atoms with Crippen LogP contribution in [0.5, 0.6) is 0 Å². The average Bonchev–Trinajstić information content (AvgIpc) is 3.20. The van der Waals surface area contributed by atoms with Gasteiger partial charge in [0.05, 0.1) is 0 Å². The first-order chi connectivity index (χ1) is 10.7. The van der Waals surface area contributed by atoms with Crippen LogP contribution in [0.2, 0.25) is 0 Å². The monoisotopic (exact) mass is 296 g/mol. The molecular weight excluding hydrogens is 276 g/mol. The molecule has 1 aliphatic carbocycles. The van der Waals surface area contributed by atoms with Gasteiger partial charge in [0.1, 0.15) is 0 Å². The zero-order chi connectivity index (χ0) is 15.4. The number of carbonyl (C=O) groups is 1. The lowest BCUT2D eigenvalue weighted by Gasteiger charge is -2.13. The van der Waals surface area contributed by atoms with Gasteiger partial charge in [-0.1, -0.05) is 6.07 Å². The lowest BCUT2D eigenvalue weighted by molar-refractivity contribution is -0.121. The first-order valence-corrected chi connectivity index (χ1v) is 7.80. The SMILES string of the molecule is C#CCCC1(CCC(=O)NCC2CCc3cccnc32)N=N1. The normalized spacial score (nSPS) is 20.2. The van der Waals surface area contributed by atoms with Crippen LogP contribution in [0.3, 0.4) is 0 Å². The summed E-state index contributed by atoms with van der Waals surface area (Å²) in [5, 5.41) is 11.1. The van der Waals surface area contributed by atoms with Crippen molar-refractivity contribution in [3.63, 3.8) is 0 Å². The van der Waals surface area contributed by atoms with E-state index in [0.717, 1.165) is 25.0 Å². The van der Waals surface area contributed by atoms with Gasteiger partial charge in [-0.05, 0) is 24.5 Å².